The van der Waals surface area contributed by atoms with Crippen molar-refractivity contribution in [1.82, 2.24) is 0 Å². The van der Waals surface area contributed by atoms with Gasteiger partial charge in [0.2, 0.25) is 0 Å². The van der Waals surface area contributed by atoms with Gasteiger partial charge in [-0.05, 0) is 46.2 Å². The molecule has 0 aliphatic rings. The van der Waals surface area contributed by atoms with Crippen molar-refractivity contribution in [1.29, 1.82) is 0 Å². The average molecular weight is 329 g/mol. The normalized spacial score (nSPS) is 14.0. The Morgan fingerprint density at radius 2 is 2.00 bits per heavy atom. The van der Waals surface area contributed by atoms with Crippen molar-refractivity contribution in [2.75, 3.05) is 0 Å². The van der Waals surface area contributed by atoms with Crippen LogP contribution in [0.4, 0.5) is 13.2 Å². The van der Waals surface area contributed by atoms with E-state index in [1.54, 1.807) is 6.07 Å². The molecule has 1 rings (SSSR count). The van der Waals surface area contributed by atoms with Gasteiger partial charge in [-0.3, -0.25) is 0 Å². The minimum absolute atomic E-state index is 0.125. The highest BCUT2D eigenvalue weighted by molar-refractivity contribution is 14.1. The van der Waals surface area contributed by atoms with E-state index in [0.29, 0.717) is 6.42 Å². The molecule has 0 spiro atoms. The summed E-state index contributed by atoms with van der Waals surface area (Å²) in [5.41, 5.74) is 6.14. The molecule has 0 aromatic heterocycles. The van der Waals surface area contributed by atoms with Crippen molar-refractivity contribution < 1.29 is 13.2 Å². The summed E-state index contributed by atoms with van der Waals surface area (Å²) in [5, 5.41) is 0. The summed E-state index contributed by atoms with van der Waals surface area (Å²) in [6, 6.07) is 2.74. The van der Waals surface area contributed by atoms with Crippen LogP contribution in [-0.2, 0) is 6.42 Å². The zero-order chi connectivity index (χ0) is 11.6. The van der Waals surface area contributed by atoms with Gasteiger partial charge in [0.25, 0.3) is 0 Å². The third-order valence-corrected chi connectivity index (χ3v) is 3.21. The van der Waals surface area contributed by atoms with Crippen LogP contribution in [0.2, 0.25) is 0 Å². The molecule has 0 fully saturated rings. The zero-order valence-corrected chi connectivity index (χ0v) is 10.3. The maximum atomic E-state index is 12.3. The summed E-state index contributed by atoms with van der Waals surface area (Å²) >= 11 is 2.10. The molecule has 0 unspecified atom stereocenters. The van der Waals surface area contributed by atoms with E-state index < -0.39 is 12.2 Å². The summed E-state index contributed by atoms with van der Waals surface area (Å²) in [6.07, 6.45) is -3.67. The van der Waals surface area contributed by atoms with E-state index in [4.69, 9.17) is 5.73 Å². The molecule has 0 heterocycles. The lowest BCUT2D eigenvalue weighted by molar-refractivity contribution is -0.149. The van der Waals surface area contributed by atoms with Crippen LogP contribution in [0, 0.1) is 3.57 Å². The second-order valence-electron chi connectivity index (χ2n) is 3.22. The van der Waals surface area contributed by atoms with E-state index >= 15 is 0 Å². The number of benzene rings is 1. The van der Waals surface area contributed by atoms with Crippen LogP contribution in [0.5, 0.6) is 0 Å². The van der Waals surface area contributed by atoms with Gasteiger partial charge in [-0.2, -0.15) is 13.2 Å². The van der Waals surface area contributed by atoms with Crippen LogP contribution in [-0.4, -0.2) is 6.18 Å². The maximum absolute atomic E-state index is 12.3. The number of aryl methyl sites for hydroxylation is 1. The first-order valence-electron chi connectivity index (χ1n) is 4.47. The number of alkyl halides is 3. The fourth-order valence-corrected chi connectivity index (χ4v) is 1.96. The van der Waals surface area contributed by atoms with E-state index in [2.05, 4.69) is 22.6 Å². The third-order valence-electron chi connectivity index (χ3n) is 2.16. The Balaban J connectivity index is 3.06. The Kier molecular flexibility index (Phi) is 3.99. The summed E-state index contributed by atoms with van der Waals surface area (Å²) in [6.45, 7) is 1.90. The van der Waals surface area contributed by atoms with E-state index in [0.717, 1.165) is 9.13 Å². The molecular weight excluding hydrogens is 318 g/mol. The predicted octanol–water partition coefficient (Wildman–Crippen LogP) is 3.42. The third kappa shape index (κ3) is 3.07. The molecule has 1 nitrogen and oxygen atoms in total. The van der Waals surface area contributed by atoms with E-state index in [1.165, 1.54) is 12.1 Å². The smallest absolute Gasteiger partial charge is 0.316 e. The summed E-state index contributed by atoms with van der Waals surface area (Å²) in [5.74, 6) is 0. The van der Waals surface area contributed by atoms with Gasteiger partial charge < -0.3 is 5.73 Å². The number of hydrogen-bond donors (Lipinski definition) is 1. The van der Waals surface area contributed by atoms with Gasteiger partial charge in [0.1, 0.15) is 6.04 Å². The molecule has 1 aromatic carbocycles. The number of halogens is 4. The fourth-order valence-electron chi connectivity index (χ4n) is 1.25. The zero-order valence-electron chi connectivity index (χ0n) is 8.11. The minimum Gasteiger partial charge on any atom is -0.316 e. The topological polar surface area (TPSA) is 26.0 Å². The number of rotatable bonds is 2. The lowest BCUT2D eigenvalue weighted by Gasteiger charge is -2.17. The van der Waals surface area contributed by atoms with Crippen molar-refractivity contribution in [2.24, 2.45) is 5.73 Å². The van der Waals surface area contributed by atoms with Gasteiger partial charge in [-0.1, -0.05) is 19.1 Å². The van der Waals surface area contributed by atoms with E-state index in [-0.39, 0.29) is 5.56 Å². The van der Waals surface area contributed by atoms with Gasteiger partial charge in [0, 0.05) is 3.57 Å². The number of hydrogen-bond acceptors (Lipinski definition) is 1. The van der Waals surface area contributed by atoms with Crippen LogP contribution in [0.1, 0.15) is 24.1 Å². The predicted molar refractivity (Wildman–Crippen MR) is 61.5 cm³/mol. The second kappa shape index (κ2) is 4.69. The Morgan fingerprint density at radius 3 is 2.47 bits per heavy atom. The molecule has 1 atom stereocenters. The highest BCUT2D eigenvalue weighted by Gasteiger charge is 2.37. The molecule has 84 valence electrons. The maximum Gasteiger partial charge on any atom is 0.407 e. The van der Waals surface area contributed by atoms with Gasteiger partial charge in [0.15, 0.2) is 0 Å². The first kappa shape index (κ1) is 12.8. The fraction of sp³-hybridized carbons (Fsp3) is 0.400. The lowest BCUT2D eigenvalue weighted by atomic mass is 10.0. The summed E-state index contributed by atoms with van der Waals surface area (Å²) in [4.78, 5) is 0. The molecule has 2 N–H and O–H groups in total. The van der Waals surface area contributed by atoms with Crippen molar-refractivity contribution in [3.8, 4) is 0 Å². The quantitative estimate of drug-likeness (QED) is 0.827. The summed E-state index contributed by atoms with van der Waals surface area (Å²) < 4.78 is 38.0. The molecule has 0 radical (unpaired) electrons. The second-order valence-corrected chi connectivity index (χ2v) is 4.39. The largest absolute Gasteiger partial charge is 0.407 e. The van der Waals surface area contributed by atoms with Crippen LogP contribution >= 0.6 is 22.6 Å². The van der Waals surface area contributed by atoms with Crippen LogP contribution in [0.15, 0.2) is 18.2 Å². The van der Waals surface area contributed by atoms with E-state index in [1.807, 2.05) is 6.92 Å². The Bertz CT molecular complexity index is 349. The van der Waals surface area contributed by atoms with Crippen molar-refractivity contribution >= 4 is 22.6 Å². The molecule has 1 aromatic rings. The van der Waals surface area contributed by atoms with Crippen LogP contribution in [0.3, 0.4) is 0 Å². The molecule has 0 amide bonds. The Labute approximate surface area is 100.0 Å². The average Bonchev–Trinajstić information content (AvgIpc) is 2.16. The highest BCUT2D eigenvalue weighted by Crippen LogP contribution is 2.31. The van der Waals surface area contributed by atoms with Gasteiger partial charge >= 0.3 is 6.18 Å². The first-order chi connectivity index (χ1) is 6.86. The van der Waals surface area contributed by atoms with Crippen molar-refractivity contribution in [3.63, 3.8) is 0 Å². The highest BCUT2D eigenvalue weighted by atomic mass is 127. The first-order valence-corrected chi connectivity index (χ1v) is 5.54. The van der Waals surface area contributed by atoms with Gasteiger partial charge in [-0.25, -0.2) is 0 Å². The Morgan fingerprint density at radius 1 is 1.40 bits per heavy atom. The van der Waals surface area contributed by atoms with E-state index in [9.17, 15) is 13.2 Å². The van der Waals surface area contributed by atoms with Crippen molar-refractivity contribution in [2.45, 2.75) is 25.6 Å². The van der Waals surface area contributed by atoms with Crippen LogP contribution in [0.25, 0.3) is 0 Å². The molecule has 0 bridgehead atoms. The summed E-state index contributed by atoms with van der Waals surface area (Å²) in [7, 11) is 0. The van der Waals surface area contributed by atoms with Gasteiger partial charge in [-0.15, -0.1) is 0 Å². The number of nitrogens with two attached hydrogens (primary N) is 1. The molecule has 0 saturated heterocycles. The van der Waals surface area contributed by atoms with Crippen molar-refractivity contribution in [3.05, 3.63) is 32.9 Å². The Hall–Kier alpha value is -0.300. The SMILES string of the molecule is CCc1cc([C@H](N)C(F)(F)F)ccc1I. The molecule has 0 aliphatic heterocycles. The molecule has 15 heavy (non-hydrogen) atoms. The van der Waals surface area contributed by atoms with Crippen LogP contribution < -0.4 is 5.73 Å². The molecule has 0 saturated carbocycles. The molecule has 5 heteroatoms. The molecular formula is C10H11F3IN. The van der Waals surface area contributed by atoms with Gasteiger partial charge in [0.05, 0.1) is 0 Å². The minimum atomic E-state index is -4.38. The lowest BCUT2D eigenvalue weighted by Crippen LogP contribution is -2.28. The standard InChI is InChI=1S/C10H11F3IN/c1-2-6-5-7(3-4-8(6)14)9(15)10(11,12)13/h3-5,9H,2,15H2,1H3/t9-/m0/s1. The molecule has 0 aliphatic carbocycles. The monoisotopic (exact) mass is 329 g/mol.